The van der Waals surface area contributed by atoms with Gasteiger partial charge in [-0.15, -0.1) is 11.5 Å². The predicted octanol–water partition coefficient (Wildman–Crippen LogP) is 0.899. The molecule has 0 bridgehead atoms. The maximum atomic E-state index is 11.7. The summed E-state index contributed by atoms with van der Waals surface area (Å²) in [6.45, 7) is 5.51. The van der Waals surface area contributed by atoms with Crippen molar-refractivity contribution in [2.75, 3.05) is 0 Å². The van der Waals surface area contributed by atoms with Crippen molar-refractivity contribution in [3.8, 4) is 12.3 Å². The third-order valence-corrected chi connectivity index (χ3v) is 2.01. The number of nitrogens with zero attached hydrogens (tertiary/aromatic N) is 2. The van der Waals surface area contributed by atoms with Crippen LogP contribution in [0, 0.1) is 12.3 Å². The first kappa shape index (κ1) is 12.2. The molecule has 0 fully saturated rings. The first-order chi connectivity index (χ1) is 7.48. The topological polar surface area (TPSA) is 70.7 Å². The number of carbonyl (C=O) groups excluding carboxylic acids is 1. The highest BCUT2D eigenvalue weighted by Gasteiger charge is 2.20. The van der Waals surface area contributed by atoms with Gasteiger partial charge in [0.15, 0.2) is 0 Å². The molecule has 0 radical (unpaired) electrons. The quantitative estimate of drug-likeness (QED) is 0.740. The maximum absolute atomic E-state index is 11.7. The smallest absolute Gasteiger partial charge is 0.292 e. The fourth-order valence-electron chi connectivity index (χ4n) is 1.12. The van der Waals surface area contributed by atoms with E-state index in [4.69, 9.17) is 6.42 Å². The van der Waals surface area contributed by atoms with Crippen molar-refractivity contribution in [1.29, 1.82) is 0 Å². The molecule has 0 saturated carbocycles. The van der Waals surface area contributed by atoms with Crippen LogP contribution in [0.25, 0.3) is 0 Å². The summed E-state index contributed by atoms with van der Waals surface area (Å²) < 4.78 is 0. The number of aromatic amines is 1. The Morgan fingerprint density at radius 1 is 1.62 bits per heavy atom. The van der Waals surface area contributed by atoms with E-state index in [1.54, 1.807) is 13.8 Å². The number of nitrogens with one attached hydrogen (secondary N) is 2. The van der Waals surface area contributed by atoms with Crippen LogP contribution in [0.2, 0.25) is 0 Å². The van der Waals surface area contributed by atoms with Gasteiger partial charge in [0.25, 0.3) is 5.91 Å². The minimum atomic E-state index is -0.692. The van der Waals surface area contributed by atoms with Crippen LogP contribution in [0.4, 0.5) is 0 Å². The molecule has 1 rings (SSSR count). The number of aryl methyl sites for hydroxylation is 1. The molecule has 0 aromatic carbocycles. The zero-order valence-electron chi connectivity index (χ0n) is 9.79. The predicted molar refractivity (Wildman–Crippen MR) is 60.8 cm³/mol. The number of hydrogen-bond donors (Lipinski definition) is 2. The average molecular weight is 220 g/mol. The van der Waals surface area contributed by atoms with Gasteiger partial charge in [0.2, 0.25) is 5.82 Å². The van der Waals surface area contributed by atoms with E-state index < -0.39 is 5.54 Å². The van der Waals surface area contributed by atoms with Crippen molar-refractivity contribution in [1.82, 2.24) is 20.5 Å². The third-order valence-electron chi connectivity index (χ3n) is 2.01. The van der Waals surface area contributed by atoms with Gasteiger partial charge >= 0.3 is 0 Å². The lowest BCUT2D eigenvalue weighted by molar-refractivity contribution is 0.0919. The van der Waals surface area contributed by atoms with E-state index in [1.807, 2.05) is 6.92 Å². The summed E-state index contributed by atoms with van der Waals surface area (Å²) in [4.78, 5) is 15.8. The summed E-state index contributed by atoms with van der Waals surface area (Å²) in [5, 5.41) is 9.21. The molecule has 5 heteroatoms. The Morgan fingerprint density at radius 2 is 2.31 bits per heavy atom. The molecule has 0 unspecified atom stereocenters. The van der Waals surface area contributed by atoms with E-state index >= 15 is 0 Å². The molecule has 2 N–H and O–H groups in total. The summed E-state index contributed by atoms with van der Waals surface area (Å²) >= 11 is 0. The Morgan fingerprint density at radius 3 is 2.88 bits per heavy atom. The van der Waals surface area contributed by atoms with Crippen molar-refractivity contribution in [3.63, 3.8) is 0 Å². The molecule has 1 amide bonds. The second kappa shape index (κ2) is 4.79. The molecule has 16 heavy (non-hydrogen) atoms. The van der Waals surface area contributed by atoms with Gasteiger partial charge in [-0.3, -0.25) is 9.89 Å². The van der Waals surface area contributed by atoms with Crippen LogP contribution >= 0.6 is 0 Å². The van der Waals surface area contributed by atoms with Crippen LogP contribution in [0.1, 0.15) is 43.6 Å². The Labute approximate surface area is 95.0 Å². The Balaban J connectivity index is 2.70. The fraction of sp³-hybridized carbons (Fsp3) is 0.545. The number of hydrogen-bond acceptors (Lipinski definition) is 3. The normalized spacial score (nSPS) is 10.9. The standard InChI is InChI=1S/C11H16N4O/c1-5-7-8-12-9(15-14-8)10(16)13-11(3,4)6-2/h2H,5,7H2,1,3-4H3,(H,13,16)(H,12,14,15). The number of rotatable bonds is 4. The first-order valence-corrected chi connectivity index (χ1v) is 5.20. The third kappa shape index (κ3) is 3.09. The van der Waals surface area contributed by atoms with Gasteiger partial charge in [0, 0.05) is 6.42 Å². The number of terminal acetylenes is 1. The van der Waals surface area contributed by atoms with Crippen molar-refractivity contribution >= 4 is 5.91 Å². The van der Waals surface area contributed by atoms with E-state index in [-0.39, 0.29) is 11.7 Å². The lowest BCUT2D eigenvalue weighted by Crippen LogP contribution is -2.42. The molecule has 0 saturated heterocycles. The van der Waals surface area contributed by atoms with E-state index in [9.17, 15) is 4.79 Å². The molecule has 86 valence electrons. The second-order valence-corrected chi connectivity index (χ2v) is 4.08. The largest absolute Gasteiger partial charge is 0.333 e. The summed E-state index contributed by atoms with van der Waals surface area (Å²) in [5.74, 6) is 2.96. The second-order valence-electron chi connectivity index (χ2n) is 4.08. The lowest BCUT2D eigenvalue weighted by atomic mass is 10.1. The van der Waals surface area contributed by atoms with Crippen LogP contribution in [0.3, 0.4) is 0 Å². The number of aromatic nitrogens is 3. The lowest BCUT2D eigenvalue weighted by Gasteiger charge is -2.17. The van der Waals surface area contributed by atoms with E-state index in [0.717, 1.165) is 12.8 Å². The summed E-state index contributed by atoms with van der Waals surface area (Å²) in [7, 11) is 0. The average Bonchev–Trinajstić information content (AvgIpc) is 2.66. The Bertz CT molecular complexity index is 414. The molecule has 0 aliphatic rings. The Hall–Kier alpha value is -1.83. The highest BCUT2D eigenvalue weighted by molar-refractivity contribution is 5.91. The summed E-state index contributed by atoms with van der Waals surface area (Å²) in [6, 6.07) is 0. The minimum Gasteiger partial charge on any atom is -0.333 e. The van der Waals surface area contributed by atoms with E-state index in [1.165, 1.54) is 0 Å². The van der Waals surface area contributed by atoms with E-state index in [0.29, 0.717) is 5.82 Å². The molecule has 1 heterocycles. The molecule has 1 aromatic rings. The van der Waals surface area contributed by atoms with Crippen molar-refractivity contribution in [2.24, 2.45) is 0 Å². The van der Waals surface area contributed by atoms with Crippen LogP contribution in [0.15, 0.2) is 0 Å². The highest BCUT2D eigenvalue weighted by Crippen LogP contribution is 2.02. The van der Waals surface area contributed by atoms with Crippen LogP contribution in [-0.2, 0) is 6.42 Å². The molecular formula is C11H16N4O. The molecule has 0 atom stereocenters. The maximum Gasteiger partial charge on any atom is 0.292 e. The van der Waals surface area contributed by atoms with Gasteiger partial charge < -0.3 is 5.32 Å². The van der Waals surface area contributed by atoms with Crippen LogP contribution in [-0.4, -0.2) is 26.6 Å². The summed E-state index contributed by atoms with van der Waals surface area (Å²) in [6.07, 6.45) is 7.00. The van der Waals surface area contributed by atoms with Crippen molar-refractivity contribution < 1.29 is 4.79 Å². The SMILES string of the molecule is C#CC(C)(C)NC(=O)c1n[nH]c(CCC)n1. The molecule has 5 nitrogen and oxygen atoms in total. The molecular weight excluding hydrogens is 204 g/mol. The van der Waals surface area contributed by atoms with Gasteiger partial charge in [-0.25, -0.2) is 4.98 Å². The Kier molecular flexibility index (Phi) is 3.67. The van der Waals surface area contributed by atoms with Gasteiger partial charge in [-0.1, -0.05) is 12.8 Å². The fourth-order valence-corrected chi connectivity index (χ4v) is 1.12. The molecule has 1 aromatic heterocycles. The van der Waals surface area contributed by atoms with Gasteiger partial charge in [-0.05, 0) is 20.3 Å². The first-order valence-electron chi connectivity index (χ1n) is 5.20. The number of amides is 1. The number of H-pyrrole nitrogens is 1. The highest BCUT2D eigenvalue weighted by atomic mass is 16.2. The minimum absolute atomic E-state index is 0.131. The van der Waals surface area contributed by atoms with Crippen molar-refractivity contribution in [2.45, 2.75) is 39.2 Å². The molecule has 0 spiro atoms. The number of carbonyl (C=O) groups is 1. The van der Waals surface area contributed by atoms with Gasteiger partial charge in [-0.2, -0.15) is 0 Å². The van der Waals surface area contributed by atoms with Gasteiger partial charge in [0.1, 0.15) is 5.82 Å². The van der Waals surface area contributed by atoms with Crippen LogP contribution < -0.4 is 5.32 Å². The van der Waals surface area contributed by atoms with Crippen LogP contribution in [0.5, 0.6) is 0 Å². The molecule has 0 aliphatic carbocycles. The summed E-state index contributed by atoms with van der Waals surface area (Å²) in [5.41, 5.74) is -0.692. The zero-order chi connectivity index (χ0) is 12.2. The van der Waals surface area contributed by atoms with Gasteiger partial charge in [0.05, 0.1) is 5.54 Å². The van der Waals surface area contributed by atoms with Crippen molar-refractivity contribution in [3.05, 3.63) is 11.6 Å². The van der Waals surface area contributed by atoms with E-state index in [2.05, 4.69) is 26.4 Å². The molecule has 0 aliphatic heterocycles. The zero-order valence-corrected chi connectivity index (χ0v) is 9.79. The monoisotopic (exact) mass is 220 g/mol.